The molecule has 0 saturated heterocycles. The first kappa shape index (κ1) is 5.77. The SMILES string of the molecule is Cc1ncc[c]c1C#N. The maximum atomic E-state index is 8.40. The number of aryl methyl sites for hydroxylation is 1. The monoisotopic (exact) mass is 117 g/mol. The zero-order chi connectivity index (χ0) is 6.69. The van der Waals surface area contributed by atoms with Gasteiger partial charge in [0, 0.05) is 12.3 Å². The number of aromatic nitrogens is 1. The van der Waals surface area contributed by atoms with Crippen LogP contribution in [0.25, 0.3) is 0 Å². The molecule has 0 N–H and O–H groups in total. The van der Waals surface area contributed by atoms with E-state index in [1.807, 2.05) is 6.07 Å². The van der Waals surface area contributed by atoms with E-state index in [9.17, 15) is 0 Å². The first-order valence-electron chi connectivity index (χ1n) is 2.58. The van der Waals surface area contributed by atoms with Crippen LogP contribution in [0.5, 0.6) is 0 Å². The van der Waals surface area contributed by atoms with Crippen LogP contribution < -0.4 is 0 Å². The fourth-order valence-corrected chi connectivity index (χ4v) is 0.552. The molecule has 0 amide bonds. The minimum absolute atomic E-state index is 0.525. The Bertz CT molecular complexity index is 247. The molecule has 1 aromatic rings. The second-order valence-electron chi connectivity index (χ2n) is 1.66. The lowest BCUT2D eigenvalue weighted by molar-refractivity contribution is 1.18. The average molecular weight is 117 g/mol. The van der Waals surface area contributed by atoms with Gasteiger partial charge in [-0.25, -0.2) is 0 Å². The smallest absolute Gasteiger partial charge is 0.102 e. The molecule has 0 spiro atoms. The van der Waals surface area contributed by atoms with E-state index in [1.54, 1.807) is 19.2 Å². The number of pyridine rings is 1. The molecule has 2 nitrogen and oxygen atoms in total. The third kappa shape index (κ3) is 1.06. The summed E-state index contributed by atoms with van der Waals surface area (Å²) in [6, 6.07) is 6.37. The third-order valence-electron chi connectivity index (χ3n) is 1.04. The van der Waals surface area contributed by atoms with Crippen LogP contribution in [0, 0.1) is 24.3 Å². The molecular weight excluding hydrogens is 112 g/mol. The summed E-state index contributed by atoms with van der Waals surface area (Å²) < 4.78 is 0. The summed E-state index contributed by atoms with van der Waals surface area (Å²) in [5.74, 6) is 0. The van der Waals surface area contributed by atoms with Gasteiger partial charge in [0.05, 0.1) is 11.3 Å². The summed E-state index contributed by atoms with van der Waals surface area (Å²) in [6.07, 6.45) is 1.62. The van der Waals surface area contributed by atoms with Crippen LogP contribution in [0.1, 0.15) is 11.3 Å². The predicted octanol–water partition coefficient (Wildman–Crippen LogP) is 1.06. The van der Waals surface area contributed by atoms with Crippen molar-refractivity contribution >= 4 is 0 Å². The van der Waals surface area contributed by atoms with Crippen molar-refractivity contribution in [3.8, 4) is 6.07 Å². The second-order valence-corrected chi connectivity index (χ2v) is 1.66. The maximum Gasteiger partial charge on any atom is 0.102 e. The summed E-state index contributed by atoms with van der Waals surface area (Å²) >= 11 is 0. The van der Waals surface area contributed by atoms with Crippen LogP contribution in [-0.4, -0.2) is 4.98 Å². The molecule has 0 aliphatic carbocycles. The minimum Gasteiger partial charge on any atom is -0.260 e. The van der Waals surface area contributed by atoms with E-state index < -0.39 is 0 Å². The third-order valence-corrected chi connectivity index (χ3v) is 1.04. The lowest BCUT2D eigenvalue weighted by Crippen LogP contribution is -1.84. The molecule has 0 aliphatic heterocycles. The maximum absolute atomic E-state index is 8.40. The number of rotatable bonds is 0. The number of hydrogen-bond donors (Lipinski definition) is 0. The van der Waals surface area contributed by atoms with Crippen molar-refractivity contribution in [2.24, 2.45) is 0 Å². The van der Waals surface area contributed by atoms with Crippen LogP contribution in [-0.2, 0) is 0 Å². The Morgan fingerprint density at radius 2 is 2.56 bits per heavy atom. The highest BCUT2D eigenvalue weighted by Crippen LogP contribution is 1.98. The first-order chi connectivity index (χ1) is 4.34. The van der Waals surface area contributed by atoms with Crippen molar-refractivity contribution in [1.29, 1.82) is 5.26 Å². The van der Waals surface area contributed by atoms with Crippen molar-refractivity contribution in [1.82, 2.24) is 4.98 Å². The van der Waals surface area contributed by atoms with Crippen LogP contribution in [0.4, 0.5) is 0 Å². The molecule has 1 aromatic heterocycles. The molecule has 0 saturated carbocycles. The quantitative estimate of drug-likeness (QED) is 0.509. The van der Waals surface area contributed by atoms with Crippen LogP contribution in [0.2, 0.25) is 0 Å². The molecular formula is C7H5N2. The minimum atomic E-state index is 0.525. The topological polar surface area (TPSA) is 36.7 Å². The van der Waals surface area contributed by atoms with Gasteiger partial charge in [-0.2, -0.15) is 5.26 Å². The van der Waals surface area contributed by atoms with Crippen LogP contribution >= 0.6 is 0 Å². The highest BCUT2D eigenvalue weighted by atomic mass is 14.7. The van der Waals surface area contributed by atoms with Crippen molar-refractivity contribution in [3.05, 3.63) is 29.6 Å². The van der Waals surface area contributed by atoms with Crippen LogP contribution in [0.15, 0.2) is 12.3 Å². The largest absolute Gasteiger partial charge is 0.260 e. The van der Waals surface area contributed by atoms with Gasteiger partial charge in [0.25, 0.3) is 0 Å². The Labute approximate surface area is 53.8 Å². The number of nitriles is 1. The van der Waals surface area contributed by atoms with E-state index in [1.165, 1.54) is 0 Å². The lowest BCUT2D eigenvalue weighted by atomic mass is 10.2. The average Bonchev–Trinajstić information content (AvgIpc) is 1.89. The van der Waals surface area contributed by atoms with Crippen molar-refractivity contribution in [2.75, 3.05) is 0 Å². The van der Waals surface area contributed by atoms with E-state index >= 15 is 0 Å². The molecule has 9 heavy (non-hydrogen) atoms. The number of hydrogen-bond acceptors (Lipinski definition) is 2. The number of nitrogens with zero attached hydrogens (tertiary/aromatic N) is 2. The van der Waals surface area contributed by atoms with E-state index in [0.717, 1.165) is 5.69 Å². The second kappa shape index (κ2) is 2.27. The lowest BCUT2D eigenvalue weighted by Gasteiger charge is -1.89. The van der Waals surface area contributed by atoms with Gasteiger partial charge < -0.3 is 0 Å². The van der Waals surface area contributed by atoms with Crippen molar-refractivity contribution < 1.29 is 0 Å². The van der Waals surface area contributed by atoms with Gasteiger partial charge in [0.1, 0.15) is 6.07 Å². The summed E-state index contributed by atoms with van der Waals surface area (Å²) in [6.45, 7) is 1.79. The van der Waals surface area contributed by atoms with Gasteiger partial charge in [-0.15, -0.1) is 0 Å². The van der Waals surface area contributed by atoms with Gasteiger partial charge in [0.15, 0.2) is 0 Å². The van der Waals surface area contributed by atoms with E-state index in [0.29, 0.717) is 5.56 Å². The van der Waals surface area contributed by atoms with Crippen LogP contribution in [0.3, 0.4) is 0 Å². The molecule has 0 aliphatic rings. The predicted molar refractivity (Wildman–Crippen MR) is 32.5 cm³/mol. The van der Waals surface area contributed by atoms with Crippen molar-refractivity contribution in [2.45, 2.75) is 6.92 Å². The van der Waals surface area contributed by atoms with Gasteiger partial charge in [-0.05, 0) is 13.0 Å². The molecule has 1 radical (unpaired) electrons. The molecule has 0 unspecified atom stereocenters. The Morgan fingerprint density at radius 1 is 1.78 bits per heavy atom. The first-order valence-corrected chi connectivity index (χ1v) is 2.58. The molecule has 0 fully saturated rings. The summed E-state index contributed by atoms with van der Waals surface area (Å²) in [7, 11) is 0. The van der Waals surface area contributed by atoms with E-state index in [4.69, 9.17) is 5.26 Å². The van der Waals surface area contributed by atoms with Gasteiger partial charge in [-0.1, -0.05) is 0 Å². The highest BCUT2D eigenvalue weighted by Gasteiger charge is 1.92. The zero-order valence-corrected chi connectivity index (χ0v) is 5.05. The molecule has 0 atom stereocenters. The Morgan fingerprint density at radius 3 is 3.00 bits per heavy atom. The summed E-state index contributed by atoms with van der Waals surface area (Å²) in [4.78, 5) is 3.90. The van der Waals surface area contributed by atoms with Crippen molar-refractivity contribution in [3.63, 3.8) is 0 Å². The fraction of sp³-hybridized carbons (Fsp3) is 0.143. The van der Waals surface area contributed by atoms with Gasteiger partial charge in [0.2, 0.25) is 0 Å². The summed E-state index contributed by atoms with van der Waals surface area (Å²) in [5, 5.41) is 8.40. The highest BCUT2D eigenvalue weighted by molar-refractivity contribution is 5.29. The molecule has 0 aromatic carbocycles. The van der Waals surface area contributed by atoms with Gasteiger partial charge in [-0.3, -0.25) is 4.98 Å². The molecule has 1 rings (SSSR count). The fourth-order valence-electron chi connectivity index (χ4n) is 0.552. The molecule has 2 heteroatoms. The van der Waals surface area contributed by atoms with E-state index in [-0.39, 0.29) is 0 Å². The Kier molecular flexibility index (Phi) is 1.46. The zero-order valence-electron chi connectivity index (χ0n) is 5.05. The molecule has 0 bridgehead atoms. The van der Waals surface area contributed by atoms with E-state index in [2.05, 4.69) is 11.1 Å². The Hall–Kier alpha value is -1.36. The molecule has 43 valence electrons. The standard InChI is InChI=1S/C7H5N2/c1-6-7(5-8)3-2-4-9-6/h2,4H,1H3. The molecule has 1 heterocycles. The normalized spacial score (nSPS) is 8.44. The van der Waals surface area contributed by atoms with Gasteiger partial charge >= 0.3 is 0 Å². The Balaban J connectivity index is 3.20. The summed E-state index contributed by atoms with van der Waals surface area (Å²) in [5.41, 5.74) is 1.26.